The van der Waals surface area contributed by atoms with E-state index in [0.717, 1.165) is 25.3 Å². The van der Waals surface area contributed by atoms with Gasteiger partial charge in [0.2, 0.25) is 0 Å². The van der Waals surface area contributed by atoms with Crippen LogP contribution >= 0.6 is 11.3 Å². The molecule has 0 spiro atoms. The maximum atomic E-state index is 5.39. The fourth-order valence-electron chi connectivity index (χ4n) is 2.25. The van der Waals surface area contributed by atoms with Crippen molar-refractivity contribution >= 4 is 21.6 Å². The molecule has 1 aliphatic rings. The van der Waals surface area contributed by atoms with Gasteiger partial charge in [-0.2, -0.15) is 0 Å². The summed E-state index contributed by atoms with van der Waals surface area (Å²) < 4.78 is 6.66. The van der Waals surface area contributed by atoms with Crippen LogP contribution in [-0.4, -0.2) is 24.7 Å². The SMILES string of the molecule is CC(NCC1CCOC1)c1nc2ccccc2s1. The highest BCUT2D eigenvalue weighted by molar-refractivity contribution is 7.18. The van der Waals surface area contributed by atoms with Crippen LogP contribution in [0, 0.1) is 5.92 Å². The fraction of sp³-hybridized carbons (Fsp3) is 0.500. The number of nitrogens with zero attached hydrogens (tertiary/aromatic N) is 1. The van der Waals surface area contributed by atoms with Crippen LogP contribution in [0.25, 0.3) is 10.2 Å². The van der Waals surface area contributed by atoms with Crippen LogP contribution in [-0.2, 0) is 4.74 Å². The predicted molar refractivity (Wildman–Crippen MR) is 75.0 cm³/mol. The lowest BCUT2D eigenvalue weighted by Crippen LogP contribution is -2.25. The molecule has 2 unspecified atom stereocenters. The van der Waals surface area contributed by atoms with E-state index in [-0.39, 0.29) is 0 Å². The van der Waals surface area contributed by atoms with Gasteiger partial charge in [-0.1, -0.05) is 12.1 Å². The summed E-state index contributed by atoms with van der Waals surface area (Å²) in [4.78, 5) is 4.68. The summed E-state index contributed by atoms with van der Waals surface area (Å²) in [7, 11) is 0. The fourth-order valence-corrected chi connectivity index (χ4v) is 3.24. The van der Waals surface area contributed by atoms with Crippen LogP contribution in [0.2, 0.25) is 0 Å². The van der Waals surface area contributed by atoms with Gasteiger partial charge in [0.1, 0.15) is 5.01 Å². The standard InChI is InChI=1S/C14H18N2OS/c1-10(15-8-11-6-7-17-9-11)14-16-12-4-2-3-5-13(12)18-14/h2-5,10-11,15H,6-9H2,1H3. The van der Waals surface area contributed by atoms with Crippen LogP contribution in [0.1, 0.15) is 24.4 Å². The van der Waals surface area contributed by atoms with Gasteiger partial charge in [0.15, 0.2) is 0 Å². The first-order chi connectivity index (χ1) is 8.83. The molecule has 2 aromatic rings. The van der Waals surface area contributed by atoms with E-state index in [9.17, 15) is 0 Å². The van der Waals surface area contributed by atoms with Gasteiger partial charge in [0.25, 0.3) is 0 Å². The van der Waals surface area contributed by atoms with Crippen molar-refractivity contribution in [3.05, 3.63) is 29.3 Å². The van der Waals surface area contributed by atoms with Gasteiger partial charge in [0, 0.05) is 13.2 Å². The molecule has 96 valence electrons. The van der Waals surface area contributed by atoms with Crippen LogP contribution < -0.4 is 5.32 Å². The Balaban J connectivity index is 1.65. The highest BCUT2D eigenvalue weighted by atomic mass is 32.1. The van der Waals surface area contributed by atoms with Gasteiger partial charge in [-0.3, -0.25) is 0 Å². The molecule has 0 bridgehead atoms. The first-order valence-electron chi connectivity index (χ1n) is 6.49. The molecule has 1 saturated heterocycles. The number of hydrogen-bond acceptors (Lipinski definition) is 4. The Morgan fingerprint density at radius 2 is 2.39 bits per heavy atom. The molecule has 0 radical (unpaired) electrons. The second-order valence-corrected chi connectivity index (χ2v) is 5.94. The molecule has 4 heteroatoms. The predicted octanol–water partition coefficient (Wildman–Crippen LogP) is 2.98. The molecule has 1 fully saturated rings. The van der Waals surface area contributed by atoms with Gasteiger partial charge in [-0.25, -0.2) is 4.98 Å². The summed E-state index contributed by atoms with van der Waals surface area (Å²) >= 11 is 1.78. The molecule has 1 aromatic heterocycles. The molecule has 0 aliphatic carbocycles. The third-order valence-electron chi connectivity index (χ3n) is 3.42. The lowest BCUT2D eigenvalue weighted by atomic mass is 10.1. The molecular formula is C14H18N2OS. The number of thiazole rings is 1. The average Bonchev–Trinajstić information content (AvgIpc) is 3.04. The zero-order valence-corrected chi connectivity index (χ0v) is 11.4. The molecule has 2 atom stereocenters. The van der Waals surface area contributed by atoms with Crippen molar-refractivity contribution in [3.63, 3.8) is 0 Å². The summed E-state index contributed by atoms with van der Waals surface area (Å²) in [5.41, 5.74) is 1.11. The number of para-hydroxylation sites is 1. The van der Waals surface area contributed by atoms with Crippen molar-refractivity contribution < 1.29 is 4.74 Å². The Morgan fingerprint density at radius 1 is 1.50 bits per heavy atom. The minimum absolute atomic E-state index is 0.322. The Labute approximate surface area is 111 Å². The van der Waals surface area contributed by atoms with Crippen LogP contribution in [0.4, 0.5) is 0 Å². The lowest BCUT2D eigenvalue weighted by Gasteiger charge is -2.14. The van der Waals surface area contributed by atoms with E-state index in [1.165, 1.54) is 16.1 Å². The number of aromatic nitrogens is 1. The third kappa shape index (κ3) is 2.55. The first-order valence-corrected chi connectivity index (χ1v) is 7.31. The smallest absolute Gasteiger partial charge is 0.111 e. The number of nitrogens with one attached hydrogen (secondary N) is 1. The second-order valence-electron chi connectivity index (χ2n) is 4.88. The van der Waals surface area contributed by atoms with Gasteiger partial charge in [-0.15, -0.1) is 11.3 Å². The van der Waals surface area contributed by atoms with Crippen molar-refractivity contribution in [2.24, 2.45) is 5.92 Å². The van der Waals surface area contributed by atoms with E-state index in [1.54, 1.807) is 11.3 Å². The van der Waals surface area contributed by atoms with Gasteiger partial charge in [-0.05, 0) is 31.4 Å². The molecule has 1 aliphatic heterocycles. The zero-order chi connectivity index (χ0) is 12.4. The van der Waals surface area contributed by atoms with E-state index in [1.807, 2.05) is 6.07 Å². The Morgan fingerprint density at radius 3 is 3.17 bits per heavy atom. The Bertz CT molecular complexity index is 486. The quantitative estimate of drug-likeness (QED) is 0.919. The monoisotopic (exact) mass is 262 g/mol. The molecule has 18 heavy (non-hydrogen) atoms. The molecule has 1 aromatic carbocycles. The second kappa shape index (κ2) is 5.34. The number of fused-ring (bicyclic) bond motifs is 1. The number of ether oxygens (including phenoxy) is 1. The molecule has 2 heterocycles. The maximum absolute atomic E-state index is 5.39. The molecule has 0 saturated carbocycles. The van der Waals surface area contributed by atoms with Gasteiger partial charge < -0.3 is 10.1 Å². The highest BCUT2D eigenvalue weighted by Gasteiger charge is 2.17. The van der Waals surface area contributed by atoms with Crippen molar-refractivity contribution in [2.75, 3.05) is 19.8 Å². The van der Waals surface area contributed by atoms with E-state index >= 15 is 0 Å². The van der Waals surface area contributed by atoms with Crippen molar-refractivity contribution in [1.29, 1.82) is 0 Å². The molecule has 1 N–H and O–H groups in total. The Hall–Kier alpha value is -0.970. The van der Waals surface area contributed by atoms with Crippen LogP contribution in [0.15, 0.2) is 24.3 Å². The molecule has 3 rings (SSSR count). The number of rotatable bonds is 4. The summed E-state index contributed by atoms with van der Waals surface area (Å²) in [5, 5.41) is 4.75. The minimum atomic E-state index is 0.322. The van der Waals surface area contributed by atoms with Crippen molar-refractivity contribution in [3.8, 4) is 0 Å². The molecular weight excluding hydrogens is 244 g/mol. The lowest BCUT2D eigenvalue weighted by molar-refractivity contribution is 0.184. The van der Waals surface area contributed by atoms with Crippen molar-refractivity contribution in [1.82, 2.24) is 10.3 Å². The third-order valence-corrected chi connectivity index (χ3v) is 4.64. The summed E-state index contributed by atoms with van der Waals surface area (Å²) in [6.07, 6.45) is 1.18. The summed E-state index contributed by atoms with van der Waals surface area (Å²) in [6, 6.07) is 8.64. The zero-order valence-electron chi connectivity index (χ0n) is 10.6. The summed E-state index contributed by atoms with van der Waals surface area (Å²) in [6.45, 7) is 5.03. The van der Waals surface area contributed by atoms with E-state index < -0.39 is 0 Å². The van der Waals surface area contributed by atoms with E-state index in [4.69, 9.17) is 4.74 Å². The van der Waals surface area contributed by atoms with Crippen LogP contribution in [0.5, 0.6) is 0 Å². The minimum Gasteiger partial charge on any atom is -0.381 e. The highest BCUT2D eigenvalue weighted by Crippen LogP contribution is 2.26. The number of hydrogen-bond donors (Lipinski definition) is 1. The van der Waals surface area contributed by atoms with Crippen molar-refractivity contribution in [2.45, 2.75) is 19.4 Å². The molecule has 3 nitrogen and oxygen atoms in total. The van der Waals surface area contributed by atoms with E-state index in [0.29, 0.717) is 12.0 Å². The largest absolute Gasteiger partial charge is 0.381 e. The van der Waals surface area contributed by atoms with Crippen LogP contribution in [0.3, 0.4) is 0 Å². The molecule has 0 amide bonds. The topological polar surface area (TPSA) is 34.1 Å². The first kappa shape index (κ1) is 12.1. The average molecular weight is 262 g/mol. The summed E-state index contributed by atoms with van der Waals surface area (Å²) in [5.74, 6) is 0.668. The maximum Gasteiger partial charge on any atom is 0.111 e. The number of benzene rings is 1. The van der Waals surface area contributed by atoms with Gasteiger partial charge in [0.05, 0.1) is 22.9 Å². The normalized spacial score (nSPS) is 21.5. The van der Waals surface area contributed by atoms with Gasteiger partial charge >= 0.3 is 0 Å². The Kier molecular flexibility index (Phi) is 3.59. The van der Waals surface area contributed by atoms with E-state index in [2.05, 4.69) is 35.4 Å².